The summed E-state index contributed by atoms with van der Waals surface area (Å²) in [4.78, 5) is 37.6. The topological polar surface area (TPSA) is 108 Å². The summed E-state index contributed by atoms with van der Waals surface area (Å²) in [6.45, 7) is 5.98. The predicted molar refractivity (Wildman–Crippen MR) is 130 cm³/mol. The van der Waals surface area contributed by atoms with Crippen LogP contribution in [0.5, 0.6) is 5.75 Å². The number of ketones is 1. The number of hydrogen-bond donors (Lipinski definition) is 1. The Labute approximate surface area is 203 Å². The van der Waals surface area contributed by atoms with E-state index in [1.54, 1.807) is 19.1 Å². The van der Waals surface area contributed by atoms with E-state index in [-0.39, 0.29) is 35.7 Å². The minimum Gasteiger partial charge on any atom is -0.490 e. The number of rotatable bonds is 7. The van der Waals surface area contributed by atoms with Crippen LogP contribution in [0.25, 0.3) is 0 Å². The minimum atomic E-state index is -0.753. The van der Waals surface area contributed by atoms with E-state index in [1.165, 1.54) is 12.1 Å². The predicted octanol–water partition coefficient (Wildman–Crippen LogP) is 4.82. The SMILES string of the molecule is CC1=C(C(=O)OCCOc2ccccc2)[C@@H](c2cccc([N+](=O)[O-])c2)C2=C(CC(C)(C)CC2=O)N1. The molecule has 2 aromatic rings. The number of nitrogens with zero attached hydrogens (tertiary/aromatic N) is 1. The summed E-state index contributed by atoms with van der Waals surface area (Å²) in [5, 5.41) is 14.7. The molecule has 4 rings (SSSR count). The number of dihydropyridines is 1. The number of para-hydroxylation sites is 1. The van der Waals surface area contributed by atoms with Crippen LogP contribution in [0.2, 0.25) is 0 Å². The first-order valence-corrected chi connectivity index (χ1v) is 11.5. The summed E-state index contributed by atoms with van der Waals surface area (Å²) < 4.78 is 11.1. The van der Waals surface area contributed by atoms with Crippen molar-refractivity contribution in [2.75, 3.05) is 13.2 Å². The van der Waals surface area contributed by atoms with Gasteiger partial charge in [-0.15, -0.1) is 0 Å². The van der Waals surface area contributed by atoms with Crippen molar-refractivity contribution in [3.05, 3.63) is 92.8 Å². The van der Waals surface area contributed by atoms with Crippen LogP contribution in [-0.2, 0) is 14.3 Å². The number of allylic oxidation sites excluding steroid dienone is 3. The van der Waals surface area contributed by atoms with E-state index in [4.69, 9.17) is 9.47 Å². The Morgan fingerprint density at radius 3 is 2.57 bits per heavy atom. The standard InChI is InChI=1S/C27H28N2O6/c1-17-23(26(31)35-13-12-34-20-10-5-4-6-11-20)24(18-8-7-9-19(14-18)29(32)33)25-21(28-17)15-27(2,3)16-22(25)30/h4-11,14,24,28H,12-13,15-16H2,1-3H3/t24-/m1/s1. The molecule has 8 nitrogen and oxygen atoms in total. The molecule has 0 saturated heterocycles. The van der Waals surface area contributed by atoms with E-state index in [1.807, 2.05) is 44.2 Å². The smallest absolute Gasteiger partial charge is 0.336 e. The fraction of sp³-hybridized carbons (Fsp3) is 0.333. The molecule has 0 fully saturated rings. The summed E-state index contributed by atoms with van der Waals surface area (Å²) in [5.41, 5.74) is 2.24. The fourth-order valence-electron chi connectivity index (χ4n) is 4.75. The van der Waals surface area contributed by atoms with Gasteiger partial charge in [0.25, 0.3) is 5.69 Å². The van der Waals surface area contributed by atoms with Crippen LogP contribution < -0.4 is 10.1 Å². The van der Waals surface area contributed by atoms with Crippen molar-refractivity contribution in [3.63, 3.8) is 0 Å². The second kappa shape index (κ2) is 9.74. The van der Waals surface area contributed by atoms with Crippen LogP contribution in [0.1, 0.15) is 45.1 Å². The molecule has 2 aliphatic rings. The van der Waals surface area contributed by atoms with Crippen molar-refractivity contribution in [2.45, 2.75) is 39.5 Å². The summed E-state index contributed by atoms with van der Waals surface area (Å²) in [6.07, 6.45) is 0.954. The number of carbonyl (C=O) groups excluding carboxylic acids is 2. The number of nitro benzene ring substituents is 1. The first-order chi connectivity index (χ1) is 16.7. The summed E-state index contributed by atoms with van der Waals surface area (Å²) in [6, 6.07) is 15.3. The van der Waals surface area contributed by atoms with Crippen LogP contribution in [-0.4, -0.2) is 29.9 Å². The van der Waals surface area contributed by atoms with E-state index in [0.29, 0.717) is 35.4 Å². The molecule has 0 aromatic heterocycles. The molecule has 2 aromatic carbocycles. The lowest BCUT2D eigenvalue weighted by molar-refractivity contribution is -0.384. The maximum atomic E-state index is 13.3. The van der Waals surface area contributed by atoms with Crippen molar-refractivity contribution in [3.8, 4) is 5.75 Å². The number of Topliss-reactive ketones (excluding diaryl/α,β-unsaturated/α-hetero) is 1. The van der Waals surface area contributed by atoms with Gasteiger partial charge >= 0.3 is 5.97 Å². The molecule has 0 amide bonds. The van der Waals surface area contributed by atoms with Crippen molar-refractivity contribution >= 4 is 17.4 Å². The zero-order chi connectivity index (χ0) is 25.2. The number of ether oxygens (including phenoxy) is 2. The second-order valence-electron chi connectivity index (χ2n) is 9.58. The molecule has 1 aliphatic heterocycles. The molecule has 1 heterocycles. The Morgan fingerprint density at radius 1 is 1.11 bits per heavy atom. The molecular formula is C27H28N2O6. The van der Waals surface area contributed by atoms with Crippen LogP contribution in [0.4, 0.5) is 5.69 Å². The highest BCUT2D eigenvalue weighted by atomic mass is 16.6. The van der Waals surface area contributed by atoms with Gasteiger partial charge in [0.2, 0.25) is 0 Å². The van der Waals surface area contributed by atoms with E-state index in [0.717, 1.165) is 5.70 Å². The Morgan fingerprint density at radius 2 is 1.86 bits per heavy atom. The molecule has 0 unspecified atom stereocenters. The number of hydrogen-bond acceptors (Lipinski definition) is 7. The lowest BCUT2D eigenvalue weighted by Gasteiger charge is -2.39. The maximum Gasteiger partial charge on any atom is 0.336 e. The monoisotopic (exact) mass is 476 g/mol. The van der Waals surface area contributed by atoms with Gasteiger partial charge in [0, 0.05) is 41.4 Å². The third kappa shape index (κ3) is 5.26. The highest BCUT2D eigenvalue weighted by Gasteiger charge is 2.43. The second-order valence-corrected chi connectivity index (χ2v) is 9.58. The van der Waals surface area contributed by atoms with E-state index in [2.05, 4.69) is 5.32 Å². The lowest BCUT2D eigenvalue weighted by atomic mass is 9.68. The Hall–Kier alpha value is -3.94. The van der Waals surface area contributed by atoms with Gasteiger partial charge in [0.15, 0.2) is 5.78 Å². The van der Waals surface area contributed by atoms with Gasteiger partial charge in [-0.25, -0.2) is 4.79 Å². The van der Waals surface area contributed by atoms with Gasteiger partial charge in [-0.2, -0.15) is 0 Å². The van der Waals surface area contributed by atoms with Gasteiger partial charge in [0.1, 0.15) is 19.0 Å². The van der Waals surface area contributed by atoms with Crippen molar-refractivity contribution in [1.29, 1.82) is 0 Å². The van der Waals surface area contributed by atoms with Crippen molar-refractivity contribution < 1.29 is 24.0 Å². The average Bonchev–Trinajstić information content (AvgIpc) is 2.80. The van der Waals surface area contributed by atoms with Gasteiger partial charge < -0.3 is 14.8 Å². The number of nitro groups is 1. The third-order valence-corrected chi connectivity index (χ3v) is 6.20. The molecule has 0 saturated carbocycles. The number of non-ortho nitro benzene ring substituents is 1. The van der Waals surface area contributed by atoms with Gasteiger partial charge in [0.05, 0.1) is 10.5 Å². The lowest BCUT2D eigenvalue weighted by Crippen LogP contribution is -2.38. The Kier molecular flexibility index (Phi) is 6.73. The van der Waals surface area contributed by atoms with E-state index in [9.17, 15) is 19.7 Å². The van der Waals surface area contributed by atoms with Crippen LogP contribution >= 0.6 is 0 Å². The molecule has 0 bridgehead atoms. The zero-order valence-corrected chi connectivity index (χ0v) is 20.0. The van der Waals surface area contributed by atoms with Crippen LogP contribution in [0.3, 0.4) is 0 Å². The number of carbonyl (C=O) groups is 2. The molecule has 1 aliphatic carbocycles. The quantitative estimate of drug-likeness (QED) is 0.264. The highest BCUT2D eigenvalue weighted by Crippen LogP contribution is 2.47. The first-order valence-electron chi connectivity index (χ1n) is 11.5. The van der Waals surface area contributed by atoms with Crippen LogP contribution in [0, 0.1) is 15.5 Å². The number of esters is 1. The van der Waals surface area contributed by atoms with Gasteiger partial charge in [-0.05, 0) is 36.5 Å². The average molecular weight is 477 g/mol. The van der Waals surface area contributed by atoms with E-state index < -0.39 is 16.8 Å². The van der Waals surface area contributed by atoms with Crippen molar-refractivity contribution in [1.82, 2.24) is 5.32 Å². The van der Waals surface area contributed by atoms with Gasteiger partial charge in [-0.1, -0.05) is 44.2 Å². The Balaban J connectivity index is 1.64. The van der Waals surface area contributed by atoms with E-state index >= 15 is 0 Å². The molecule has 182 valence electrons. The summed E-state index contributed by atoms with van der Waals surface area (Å²) in [7, 11) is 0. The number of nitrogens with one attached hydrogen (secondary N) is 1. The highest BCUT2D eigenvalue weighted by molar-refractivity contribution is 6.04. The first kappa shape index (κ1) is 24.2. The normalized spacial score (nSPS) is 19.1. The summed E-state index contributed by atoms with van der Waals surface area (Å²) in [5.74, 6) is -0.756. The summed E-state index contributed by atoms with van der Waals surface area (Å²) >= 11 is 0. The molecule has 0 spiro atoms. The molecule has 0 radical (unpaired) electrons. The Bertz CT molecular complexity index is 1230. The van der Waals surface area contributed by atoms with Crippen molar-refractivity contribution in [2.24, 2.45) is 5.41 Å². The fourth-order valence-corrected chi connectivity index (χ4v) is 4.75. The third-order valence-electron chi connectivity index (χ3n) is 6.20. The van der Waals surface area contributed by atoms with Gasteiger partial charge in [-0.3, -0.25) is 14.9 Å². The molecule has 8 heteroatoms. The maximum absolute atomic E-state index is 13.3. The van der Waals surface area contributed by atoms with Crippen LogP contribution in [0.15, 0.2) is 77.1 Å². The number of benzene rings is 2. The minimum absolute atomic E-state index is 0.0129. The molecular weight excluding hydrogens is 448 g/mol. The largest absolute Gasteiger partial charge is 0.490 e. The molecule has 1 N–H and O–H groups in total. The zero-order valence-electron chi connectivity index (χ0n) is 20.0. The molecule has 1 atom stereocenters. The molecule has 35 heavy (non-hydrogen) atoms.